The molecule has 0 aliphatic carbocycles. The molecular weight excluding hydrogens is 483 g/mol. The third-order valence-electron chi connectivity index (χ3n) is 4.91. The quantitative estimate of drug-likeness (QED) is 0.326. The van der Waals surface area contributed by atoms with Gasteiger partial charge in [-0.1, -0.05) is 24.3 Å². The smallest absolute Gasteiger partial charge is 0.191 e. The van der Waals surface area contributed by atoms with Gasteiger partial charge in [0.25, 0.3) is 0 Å². The average molecular weight is 521 g/mol. The second-order valence-electron chi connectivity index (χ2n) is 7.96. The first-order chi connectivity index (χ1) is 12.8. The highest BCUT2D eigenvalue weighted by Gasteiger charge is 2.22. The summed E-state index contributed by atoms with van der Waals surface area (Å²) >= 11 is 1.86. The first-order valence-electron chi connectivity index (χ1n) is 9.77. The van der Waals surface area contributed by atoms with Crippen LogP contribution in [0.5, 0.6) is 0 Å². The molecule has 0 amide bonds. The number of halogens is 1. The van der Waals surface area contributed by atoms with Crippen molar-refractivity contribution < 1.29 is 4.74 Å². The second-order valence-corrected chi connectivity index (χ2v) is 9.48. The third-order valence-corrected chi connectivity index (χ3v) is 6.16. The number of thioether (sulfide) groups is 1. The summed E-state index contributed by atoms with van der Waals surface area (Å²) in [6, 6.07) is 8.67. The SMILES string of the molecule is CN=C(NCc1ccccc1CN1CC(C)OC(C)C1)NCC(C)(C)SC.I. The van der Waals surface area contributed by atoms with Gasteiger partial charge in [0.15, 0.2) is 5.96 Å². The number of benzene rings is 1. The van der Waals surface area contributed by atoms with Crippen molar-refractivity contribution in [3.05, 3.63) is 35.4 Å². The number of rotatable bonds is 7. The first-order valence-corrected chi connectivity index (χ1v) is 11.0. The fraction of sp³-hybridized carbons (Fsp3) is 0.667. The number of guanidine groups is 1. The molecule has 1 aromatic carbocycles. The zero-order valence-electron chi connectivity index (χ0n) is 18.1. The molecule has 2 atom stereocenters. The molecule has 0 saturated carbocycles. The van der Waals surface area contributed by atoms with E-state index >= 15 is 0 Å². The number of aliphatic imine (C=N–C) groups is 1. The van der Waals surface area contributed by atoms with E-state index in [1.807, 2.05) is 18.8 Å². The van der Waals surface area contributed by atoms with E-state index in [0.717, 1.165) is 38.7 Å². The van der Waals surface area contributed by atoms with E-state index in [-0.39, 0.29) is 28.7 Å². The molecule has 1 heterocycles. The molecule has 2 unspecified atom stereocenters. The van der Waals surface area contributed by atoms with Crippen molar-refractivity contribution in [2.45, 2.75) is 57.7 Å². The summed E-state index contributed by atoms with van der Waals surface area (Å²) in [5.74, 6) is 0.848. The van der Waals surface area contributed by atoms with Crippen molar-refractivity contribution in [1.82, 2.24) is 15.5 Å². The predicted molar refractivity (Wildman–Crippen MR) is 133 cm³/mol. The molecule has 2 N–H and O–H groups in total. The monoisotopic (exact) mass is 520 g/mol. The van der Waals surface area contributed by atoms with E-state index in [1.54, 1.807) is 0 Å². The Kier molecular flexibility index (Phi) is 11.2. The molecule has 1 fully saturated rings. The molecule has 7 heteroatoms. The Morgan fingerprint density at radius 1 is 1.18 bits per heavy atom. The zero-order valence-corrected chi connectivity index (χ0v) is 21.3. The summed E-state index contributed by atoms with van der Waals surface area (Å²) in [5, 5.41) is 6.90. The Hall–Kier alpha value is -0.510. The molecule has 1 aliphatic rings. The van der Waals surface area contributed by atoms with Gasteiger partial charge in [-0.25, -0.2) is 0 Å². The molecule has 160 valence electrons. The normalized spacial score (nSPS) is 21.1. The van der Waals surface area contributed by atoms with Crippen LogP contribution in [0.1, 0.15) is 38.8 Å². The summed E-state index contributed by atoms with van der Waals surface area (Å²) < 4.78 is 6.04. The predicted octanol–water partition coefficient (Wildman–Crippen LogP) is 3.72. The topological polar surface area (TPSA) is 48.9 Å². The second kappa shape index (κ2) is 12.2. The van der Waals surface area contributed by atoms with Crippen molar-refractivity contribution in [3.8, 4) is 0 Å². The first kappa shape index (κ1) is 25.5. The molecule has 28 heavy (non-hydrogen) atoms. The molecule has 0 spiro atoms. The third kappa shape index (κ3) is 8.47. The van der Waals surface area contributed by atoms with Crippen LogP contribution in [0.25, 0.3) is 0 Å². The summed E-state index contributed by atoms with van der Waals surface area (Å²) in [7, 11) is 1.82. The molecule has 0 bridgehead atoms. The minimum absolute atomic E-state index is 0. The van der Waals surface area contributed by atoms with Crippen molar-refractivity contribution >= 4 is 41.7 Å². The number of morpholine rings is 1. The van der Waals surface area contributed by atoms with E-state index in [4.69, 9.17) is 4.74 Å². The van der Waals surface area contributed by atoms with Crippen LogP contribution in [-0.4, -0.2) is 60.8 Å². The zero-order chi connectivity index (χ0) is 19.9. The molecule has 0 aromatic heterocycles. The Bertz CT molecular complexity index is 616. The number of nitrogens with zero attached hydrogens (tertiary/aromatic N) is 2. The Morgan fingerprint density at radius 3 is 2.36 bits per heavy atom. The largest absolute Gasteiger partial charge is 0.373 e. The van der Waals surface area contributed by atoms with Crippen LogP contribution >= 0.6 is 35.7 Å². The van der Waals surface area contributed by atoms with Crippen LogP contribution < -0.4 is 10.6 Å². The van der Waals surface area contributed by atoms with E-state index in [1.165, 1.54) is 11.1 Å². The Balaban J connectivity index is 0.00000392. The summed E-state index contributed by atoms with van der Waals surface area (Å²) in [5.41, 5.74) is 2.68. The van der Waals surface area contributed by atoms with Crippen LogP contribution in [0.15, 0.2) is 29.3 Å². The lowest BCUT2D eigenvalue weighted by Gasteiger charge is -2.35. The van der Waals surface area contributed by atoms with E-state index in [0.29, 0.717) is 12.2 Å². The van der Waals surface area contributed by atoms with Crippen LogP contribution in [-0.2, 0) is 17.8 Å². The lowest BCUT2D eigenvalue weighted by Crippen LogP contribution is -2.45. The van der Waals surface area contributed by atoms with Gasteiger partial charge in [-0.05, 0) is 45.1 Å². The standard InChI is InChI=1S/C21H36N4OS.HI/c1-16-12-25(13-17(2)26-16)14-19-10-8-7-9-18(19)11-23-20(22-5)24-15-21(3,4)27-6;/h7-10,16-17H,11-15H2,1-6H3,(H2,22,23,24);1H. The number of nitrogens with one attached hydrogen (secondary N) is 2. The summed E-state index contributed by atoms with van der Waals surface area (Å²) in [4.78, 5) is 6.86. The minimum Gasteiger partial charge on any atom is -0.373 e. The van der Waals surface area contributed by atoms with Crippen LogP contribution in [0.2, 0.25) is 0 Å². The van der Waals surface area contributed by atoms with Gasteiger partial charge in [-0.3, -0.25) is 9.89 Å². The molecular formula is C21H37IN4OS. The van der Waals surface area contributed by atoms with Crippen molar-refractivity contribution in [2.24, 2.45) is 4.99 Å². The van der Waals surface area contributed by atoms with Gasteiger partial charge >= 0.3 is 0 Å². The summed E-state index contributed by atoms with van der Waals surface area (Å²) in [6.45, 7) is 13.3. The summed E-state index contributed by atoms with van der Waals surface area (Å²) in [6.07, 6.45) is 2.73. The maximum atomic E-state index is 5.86. The van der Waals surface area contributed by atoms with Gasteiger partial charge < -0.3 is 15.4 Å². The Morgan fingerprint density at radius 2 is 1.79 bits per heavy atom. The van der Waals surface area contributed by atoms with Gasteiger partial charge in [0.1, 0.15) is 0 Å². The maximum Gasteiger partial charge on any atom is 0.191 e. The van der Waals surface area contributed by atoms with Crippen molar-refractivity contribution in [1.29, 1.82) is 0 Å². The highest BCUT2D eigenvalue weighted by atomic mass is 127. The van der Waals surface area contributed by atoms with Gasteiger partial charge in [-0.15, -0.1) is 24.0 Å². The van der Waals surface area contributed by atoms with Crippen molar-refractivity contribution in [2.75, 3.05) is 32.9 Å². The lowest BCUT2D eigenvalue weighted by atomic mass is 10.1. The fourth-order valence-electron chi connectivity index (χ4n) is 3.31. The van der Waals surface area contributed by atoms with E-state index < -0.39 is 0 Å². The number of hydrogen-bond donors (Lipinski definition) is 2. The van der Waals surface area contributed by atoms with Gasteiger partial charge in [0, 0.05) is 44.5 Å². The molecule has 1 saturated heterocycles. The van der Waals surface area contributed by atoms with E-state index in [9.17, 15) is 0 Å². The Labute approximate surface area is 192 Å². The molecule has 1 aliphatic heterocycles. The minimum atomic E-state index is 0. The number of hydrogen-bond acceptors (Lipinski definition) is 4. The van der Waals surface area contributed by atoms with Crippen LogP contribution in [0.4, 0.5) is 0 Å². The lowest BCUT2D eigenvalue weighted by molar-refractivity contribution is -0.0705. The maximum absolute atomic E-state index is 5.86. The van der Waals surface area contributed by atoms with E-state index in [2.05, 4.69) is 78.7 Å². The number of ether oxygens (including phenoxy) is 1. The van der Waals surface area contributed by atoms with Gasteiger partial charge in [0.2, 0.25) is 0 Å². The highest BCUT2D eigenvalue weighted by Crippen LogP contribution is 2.19. The van der Waals surface area contributed by atoms with Crippen LogP contribution in [0, 0.1) is 0 Å². The molecule has 2 rings (SSSR count). The van der Waals surface area contributed by atoms with Crippen molar-refractivity contribution in [3.63, 3.8) is 0 Å². The van der Waals surface area contributed by atoms with Gasteiger partial charge in [0.05, 0.1) is 12.2 Å². The molecule has 0 radical (unpaired) electrons. The average Bonchev–Trinajstić information content (AvgIpc) is 2.62. The van der Waals surface area contributed by atoms with Crippen LogP contribution in [0.3, 0.4) is 0 Å². The highest BCUT2D eigenvalue weighted by molar-refractivity contribution is 14.0. The fourth-order valence-corrected chi connectivity index (χ4v) is 3.52. The van der Waals surface area contributed by atoms with Gasteiger partial charge in [-0.2, -0.15) is 11.8 Å². The molecule has 1 aromatic rings. The molecule has 5 nitrogen and oxygen atoms in total.